The van der Waals surface area contributed by atoms with Crippen molar-refractivity contribution in [3.8, 4) is 11.1 Å². The first kappa shape index (κ1) is 23.7. The molecule has 170 valence electrons. The maximum Gasteiger partial charge on any atom is 0.303 e. The van der Waals surface area contributed by atoms with E-state index in [0.717, 1.165) is 24.0 Å². The van der Waals surface area contributed by atoms with Crippen LogP contribution in [-0.2, 0) is 16.0 Å². The Balaban J connectivity index is 1.57. The Bertz CT molecular complexity index is 1050. The second-order valence-electron chi connectivity index (χ2n) is 7.78. The summed E-state index contributed by atoms with van der Waals surface area (Å²) in [5.74, 6) is -1.80. The number of carbonyl (C=O) groups excluding carboxylic acids is 2. The van der Waals surface area contributed by atoms with Crippen molar-refractivity contribution < 1.29 is 19.5 Å². The summed E-state index contributed by atoms with van der Waals surface area (Å²) in [7, 11) is 0. The highest BCUT2D eigenvalue weighted by molar-refractivity contribution is 5.98. The zero-order chi connectivity index (χ0) is 23.5. The Morgan fingerprint density at radius 3 is 2.03 bits per heavy atom. The van der Waals surface area contributed by atoms with E-state index in [2.05, 4.69) is 10.6 Å². The molecule has 1 atom stereocenters. The van der Waals surface area contributed by atoms with E-state index in [1.807, 2.05) is 72.8 Å². The summed E-state index contributed by atoms with van der Waals surface area (Å²) >= 11 is 0. The molecule has 0 aliphatic carbocycles. The molecule has 0 spiro atoms. The SMILES string of the molecule is O=C(O)CC[C@H](NC(=O)c1ccc(-c2ccccc2)cc1)C(=O)NCCCc1ccccc1. The summed E-state index contributed by atoms with van der Waals surface area (Å²) < 4.78 is 0. The molecule has 0 aliphatic rings. The van der Waals surface area contributed by atoms with Crippen LogP contribution in [0.4, 0.5) is 0 Å². The number of benzene rings is 3. The fourth-order valence-electron chi connectivity index (χ4n) is 3.49. The molecule has 0 saturated heterocycles. The van der Waals surface area contributed by atoms with E-state index in [1.165, 1.54) is 5.56 Å². The highest BCUT2D eigenvalue weighted by Crippen LogP contribution is 2.19. The standard InChI is InChI=1S/C27H28N2O4/c30-25(31)18-17-24(27(33)28-19-7-10-20-8-3-1-4-9-20)29-26(32)23-15-13-22(14-16-23)21-11-5-2-6-12-21/h1-6,8-9,11-16,24H,7,10,17-19H2,(H,28,33)(H,29,32)(H,30,31)/t24-/m0/s1. The molecule has 0 unspecified atom stereocenters. The molecular formula is C27H28N2O4. The number of hydrogen-bond donors (Lipinski definition) is 3. The van der Waals surface area contributed by atoms with Crippen LogP contribution in [0.15, 0.2) is 84.9 Å². The van der Waals surface area contributed by atoms with Crippen molar-refractivity contribution in [2.24, 2.45) is 0 Å². The summed E-state index contributed by atoms with van der Waals surface area (Å²) in [6, 6.07) is 25.9. The van der Waals surface area contributed by atoms with Crippen molar-refractivity contribution >= 4 is 17.8 Å². The molecule has 0 saturated carbocycles. The minimum absolute atomic E-state index is 0.0215. The third-order valence-corrected chi connectivity index (χ3v) is 5.31. The second kappa shape index (κ2) is 12.2. The van der Waals surface area contributed by atoms with Crippen LogP contribution >= 0.6 is 0 Å². The number of nitrogens with one attached hydrogen (secondary N) is 2. The zero-order valence-corrected chi connectivity index (χ0v) is 18.4. The lowest BCUT2D eigenvalue weighted by Crippen LogP contribution is -2.47. The molecular weight excluding hydrogens is 416 g/mol. The molecule has 0 aromatic heterocycles. The van der Waals surface area contributed by atoms with E-state index in [-0.39, 0.29) is 18.7 Å². The van der Waals surface area contributed by atoms with Crippen LogP contribution in [0.25, 0.3) is 11.1 Å². The molecule has 6 heteroatoms. The minimum atomic E-state index is -1.02. The predicted molar refractivity (Wildman–Crippen MR) is 128 cm³/mol. The second-order valence-corrected chi connectivity index (χ2v) is 7.78. The van der Waals surface area contributed by atoms with Gasteiger partial charge in [0.15, 0.2) is 0 Å². The van der Waals surface area contributed by atoms with Crippen molar-refractivity contribution in [1.29, 1.82) is 0 Å². The zero-order valence-electron chi connectivity index (χ0n) is 18.4. The van der Waals surface area contributed by atoms with E-state index in [1.54, 1.807) is 12.1 Å². The molecule has 33 heavy (non-hydrogen) atoms. The molecule has 0 bridgehead atoms. The highest BCUT2D eigenvalue weighted by Gasteiger charge is 2.22. The lowest BCUT2D eigenvalue weighted by Gasteiger charge is -2.18. The van der Waals surface area contributed by atoms with Crippen molar-refractivity contribution in [2.45, 2.75) is 31.7 Å². The third-order valence-electron chi connectivity index (χ3n) is 5.31. The molecule has 6 nitrogen and oxygen atoms in total. The van der Waals surface area contributed by atoms with Crippen molar-refractivity contribution in [3.05, 3.63) is 96.1 Å². The van der Waals surface area contributed by atoms with Gasteiger partial charge in [0.25, 0.3) is 5.91 Å². The van der Waals surface area contributed by atoms with Gasteiger partial charge in [0, 0.05) is 18.5 Å². The van der Waals surface area contributed by atoms with Gasteiger partial charge in [-0.05, 0) is 48.1 Å². The first-order valence-electron chi connectivity index (χ1n) is 11.0. The largest absolute Gasteiger partial charge is 0.481 e. The quantitative estimate of drug-likeness (QED) is 0.389. The Hall–Kier alpha value is -3.93. The average molecular weight is 445 g/mol. The summed E-state index contributed by atoms with van der Waals surface area (Å²) in [4.78, 5) is 36.4. The van der Waals surface area contributed by atoms with Crippen LogP contribution in [0.3, 0.4) is 0 Å². The molecule has 0 heterocycles. The third kappa shape index (κ3) is 7.61. The van der Waals surface area contributed by atoms with Crippen LogP contribution in [-0.4, -0.2) is 35.5 Å². The van der Waals surface area contributed by atoms with E-state index < -0.39 is 17.9 Å². The smallest absolute Gasteiger partial charge is 0.303 e. The van der Waals surface area contributed by atoms with Gasteiger partial charge in [-0.1, -0.05) is 72.8 Å². The van der Waals surface area contributed by atoms with Crippen LogP contribution in [0.5, 0.6) is 0 Å². The monoisotopic (exact) mass is 444 g/mol. The van der Waals surface area contributed by atoms with Gasteiger partial charge in [-0.15, -0.1) is 0 Å². The van der Waals surface area contributed by atoms with E-state index in [4.69, 9.17) is 5.11 Å². The van der Waals surface area contributed by atoms with Crippen molar-refractivity contribution in [3.63, 3.8) is 0 Å². The Morgan fingerprint density at radius 2 is 1.39 bits per heavy atom. The summed E-state index contributed by atoms with van der Waals surface area (Å²) in [6.07, 6.45) is 1.38. The molecule has 3 rings (SSSR count). The molecule has 3 aromatic rings. The average Bonchev–Trinajstić information content (AvgIpc) is 2.85. The van der Waals surface area contributed by atoms with Crippen LogP contribution in [0.2, 0.25) is 0 Å². The normalized spacial score (nSPS) is 11.4. The summed E-state index contributed by atoms with van der Waals surface area (Å²) in [5.41, 5.74) is 3.61. The fourth-order valence-corrected chi connectivity index (χ4v) is 3.49. The number of rotatable bonds is 11. The highest BCUT2D eigenvalue weighted by atomic mass is 16.4. The number of hydrogen-bond acceptors (Lipinski definition) is 3. The molecule has 0 fully saturated rings. The van der Waals surface area contributed by atoms with E-state index in [9.17, 15) is 14.4 Å². The summed E-state index contributed by atoms with van der Waals surface area (Å²) in [6.45, 7) is 0.443. The number of aliphatic carboxylic acids is 1. The number of carbonyl (C=O) groups is 3. The predicted octanol–water partition coefficient (Wildman–Crippen LogP) is 4.07. The number of amides is 2. The van der Waals surface area contributed by atoms with Crippen molar-refractivity contribution in [1.82, 2.24) is 10.6 Å². The maximum absolute atomic E-state index is 12.7. The molecule has 3 N–H and O–H groups in total. The molecule has 0 aliphatic heterocycles. The van der Waals surface area contributed by atoms with Crippen molar-refractivity contribution in [2.75, 3.05) is 6.54 Å². The van der Waals surface area contributed by atoms with Gasteiger partial charge in [0.1, 0.15) is 6.04 Å². The van der Waals surface area contributed by atoms with Gasteiger partial charge < -0.3 is 15.7 Å². The molecule has 3 aromatic carbocycles. The van der Waals surface area contributed by atoms with Gasteiger partial charge in [0.2, 0.25) is 5.91 Å². The number of aryl methyl sites for hydroxylation is 1. The van der Waals surface area contributed by atoms with Gasteiger partial charge in [-0.2, -0.15) is 0 Å². The van der Waals surface area contributed by atoms with Gasteiger partial charge in [0.05, 0.1) is 0 Å². The molecule has 2 amide bonds. The first-order valence-corrected chi connectivity index (χ1v) is 11.0. The fraction of sp³-hybridized carbons (Fsp3) is 0.222. The van der Waals surface area contributed by atoms with Gasteiger partial charge in [-0.25, -0.2) is 0 Å². The number of carboxylic acids is 1. The van der Waals surface area contributed by atoms with E-state index >= 15 is 0 Å². The maximum atomic E-state index is 12.7. The lowest BCUT2D eigenvalue weighted by molar-refractivity contribution is -0.137. The van der Waals surface area contributed by atoms with Crippen LogP contribution in [0, 0.1) is 0 Å². The Labute approximate surface area is 193 Å². The van der Waals surface area contributed by atoms with Gasteiger partial charge >= 0.3 is 5.97 Å². The summed E-state index contributed by atoms with van der Waals surface area (Å²) in [5, 5.41) is 14.5. The molecule has 0 radical (unpaired) electrons. The van der Waals surface area contributed by atoms with E-state index in [0.29, 0.717) is 12.1 Å². The topological polar surface area (TPSA) is 95.5 Å². The van der Waals surface area contributed by atoms with Gasteiger partial charge in [-0.3, -0.25) is 14.4 Å². The Kier molecular flexibility index (Phi) is 8.77. The van der Waals surface area contributed by atoms with Crippen LogP contribution in [0.1, 0.15) is 35.2 Å². The first-order chi connectivity index (χ1) is 16.0. The Morgan fingerprint density at radius 1 is 0.788 bits per heavy atom. The minimum Gasteiger partial charge on any atom is -0.481 e. The lowest BCUT2D eigenvalue weighted by atomic mass is 10.0. The van der Waals surface area contributed by atoms with Crippen LogP contribution < -0.4 is 10.6 Å². The number of carboxylic acid groups (broad SMARTS) is 1.